The smallest absolute Gasteiger partial charge is 0.106 e. The predicted molar refractivity (Wildman–Crippen MR) is 80.1 cm³/mol. The normalized spacial score (nSPS) is 11.8. The molecule has 0 spiro atoms. The average molecular weight is 257 g/mol. The van der Waals surface area contributed by atoms with Gasteiger partial charge in [-0.25, -0.2) is 4.98 Å². The monoisotopic (exact) mass is 257 g/mol. The van der Waals surface area contributed by atoms with Gasteiger partial charge in [0.1, 0.15) is 5.82 Å². The van der Waals surface area contributed by atoms with Gasteiger partial charge in [-0.05, 0) is 39.7 Å². The van der Waals surface area contributed by atoms with Crippen LogP contribution in [0.5, 0.6) is 0 Å². The van der Waals surface area contributed by atoms with E-state index in [-0.39, 0.29) is 5.54 Å². The molecule has 1 aromatic heterocycles. The molecular weight excluding hydrogens is 234 g/mol. The molecule has 19 heavy (non-hydrogen) atoms. The molecule has 0 atom stereocenters. The molecule has 0 unspecified atom stereocenters. The number of rotatable bonds is 4. The Morgan fingerprint density at radius 3 is 2.63 bits per heavy atom. The third kappa shape index (κ3) is 3.67. The molecule has 0 aliphatic rings. The number of H-pyrrole nitrogens is 1. The fourth-order valence-electron chi connectivity index (χ4n) is 2.18. The lowest BCUT2D eigenvalue weighted by Gasteiger charge is -2.16. The first-order chi connectivity index (χ1) is 8.85. The molecule has 0 aliphatic heterocycles. The second kappa shape index (κ2) is 5.17. The van der Waals surface area contributed by atoms with Gasteiger partial charge in [0.05, 0.1) is 11.9 Å². The van der Waals surface area contributed by atoms with Gasteiger partial charge in [-0.3, -0.25) is 0 Å². The predicted octanol–water partition coefficient (Wildman–Crippen LogP) is 3.36. The summed E-state index contributed by atoms with van der Waals surface area (Å²) in [4.78, 5) is 7.84. The Hall–Kier alpha value is -1.61. The van der Waals surface area contributed by atoms with Crippen molar-refractivity contribution in [2.45, 2.75) is 46.1 Å². The Morgan fingerprint density at radius 1 is 1.26 bits per heavy atom. The van der Waals surface area contributed by atoms with Crippen molar-refractivity contribution in [3.8, 4) is 11.3 Å². The zero-order chi connectivity index (χ0) is 14.0. The van der Waals surface area contributed by atoms with E-state index in [4.69, 9.17) is 5.73 Å². The molecule has 0 saturated heterocycles. The van der Waals surface area contributed by atoms with Gasteiger partial charge in [-0.1, -0.05) is 23.8 Å². The molecule has 3 nitrogen and oxygen atoms in total. The van der Waals surface area contributed by atoms with E-state index < -0.39 is 0 Å². The third-order valence-corrected chi connectivity index (χ3v) is 3.31. The summed E-state index contributed by atoms with van der Waals surface area (Å²) in [5.41, 5.74) is 10.7. The summed E-state index contributed by atoms with van der Waals surface area (Å²) in [5, 5.41) is 0. The molecule has 1 aromatic carbocycles. The molecule has 2 aromatic rings. The lowest BCUT2D eigenvalue weighted by atomic mass is 10.00. The molecule has 0 fully saturated rings. The van der Waals surface area contributed by atoms with Crippen molar-refractivity contribution in [2.24, 2.45) is 5.73 Å². The van der Waals surface area contributed by atoms with E-state index in [1.54, 1.807) is 0 Å². The van der Waals surface area contributed by atoms with Crippen molar-refractivity contribution < 1.29 is 0 Å². The van der Waals surface area contributed by atoms with Gasteiger partial charge in [0.2, 0.25) is 0 Å². The van der Waals surface area contributed by atoms with Gasteiger partial charge < -0.3 is 10.7 Å². The Kier molecular flexibility index (Phi) is 3.76. The van der Waals surface area contributed by atoms with E-state index in [0.29, 0.717) is 0 Å². The molecule has 0 amide bonds. The van der Waals surface area contributed by atoms with Crippen LogP contribution in [0.1, 0.15) is 37.2 Å². The Bertz CT molecular complexity index is 562. The van der Waals surface area contributed by atoms with Gasteiger partial charge in [-0.15, -0.1) is 0 Å². The zero-order valence-corrected chi connectivity index (χ0v) is 12.2. The highest BCUT2D eigenvalue weighted by Gasteiger charge is 2.12. The van der Waals surface area contributed by atoms with Gasteiger partial charge in [0.25, 0.3) is 0 Å². The topological polar surface area (TPSA) is 54.7 Å². The van der Waals surface area contributed by atoms with Crippen LogP contribution in [0.15, 0.2) is 24.4 Å². The average Bonchev–Trinajstić information content (AvgIpc) is 2.74. The SMILES string of the molecule is Cc1ccc(-c2cnc(CCC(C)(C)N)[nH]2)c(C)c1. The molecule has 3 N–H and O–H groups in total. The molecule has 102 valence electrons. The number of nitrogens with one attached hydrogen (secondary N) is 1. The van der Waals surface area contributed by atoms with Crippen LogP contribution in [0, 0.1) is 13.8 Å². The number of imidazole rings is 1. The summed E-state index contributed by atoms with van der Waals surface area (Å²) in [6.07, 6.45) is 3.72. The number of aryl methyl sites for hydroxylation is 3. The highest BCUT2D eigenvalue weighted by molar-refractivity contribution is 5.63. The summed E-state index contributed by atoms with van der Waals surface area (Å²) in [5.74, 6) is 1.01. The van der Waals surface area contributed by atoms with E-state index in [1.165, 1.54) is 16.7 Å². The second-order valence-electron chi connectivity index (χ2n) is 6.05. The van der Waals surface area contributed by atoms with Crippen molar-refractivity contribution in [1.29, 1.82) is 0 Å². The summed E-state index contributed by atoms with van der Waals surface area (Å²) in [6.45, 7) is 8.33. The fraction of sp³-hybridized carbons (Fsp3) is 0.438. The van der Waals surface area contributed by atoms with E-state index in [9.17, 15) is 0 Å². The summed E-state index contributed by atoms with van der Waals surface area (Å²) >= 11 is 0. The van der Waals surface area contributed by atoms with Crippen LogP contribution in [-0.2, 0) is 6.42 Å². The van der Waals surface area contributed by atoms with Crippen LogP contribution < -0.4 is 5.73 Å². The summed E-state index contributed by atoms with van der Waals surface area (Å²) in [7, 11) is 0. The van der Waals surface area contributed by atoms with Crippen molar-refractivity contribution in [2.75, 3.05) is 0 Å². The first-order valence-electron chi connectivity index (χ1n) is 6.75. The highest BCUT2D eigenvalue weighted by atomic mass is 14.9. The van der Waals surface area contributed by atoms with Crippen LogP contribution in [0.25, 0.3) is 11.3 Å². The number of aromatic amines is 1. The van der Waals surface area contributed by atoms with Crippen molar-refractivity contribution in [3.05, 3.63) is 41.3 Å². The van der Waals surface area contributed by atoms with E-state index in [1.807, 2.05) is 20.0 Å². The molecule has 0 saturated carbocycles. The molecule has 0 bridgehead atoms. The number of nitrogens with zero attached hydrogens (tertiary/aromatic N) is 1. The van der Waals surface area contributed by atoms with Crippen LogP contribution in [-0.4, -0.2) is 15.5 Å². The molecular formula is C16H23N3. The fourth-order valence-corrected chi connectivity index (χ4v) is 2.18. The first kappa shape index (κ1) is 13.8. The third-order valence-electron chi connectivity index (χ3n) is 3.31. The van der Waals surface area contributed by atoms with Crippen molar-refractivity contribution in [1.82, 2.24) is 9.97 Å². The maximum atomic E-state index is 6.00. The Balaban J connectivity index is 2.16. The first-order valence-corrected chi connectivity index (χ1v) is 6.75. The van der Waals surface area contributed by atoms with Crippen LogP contribution in [0.3, 0.4) is 0 Å². The molecule has 2 rings (SSSR count). The summed E-state index contributed by atoms with van der Waals surface area (Å²) in [6, 6.07) is 6.47. The Morgan fingerprint density at radius 2 is 2.00 bits per heavy atom. The molecule has 0 radical (unpaired) electrons. The van der Waals surface area contributed by atoms with Gasteiger partial charge >= 0.3 is 0 Å². The van der Waals surface area contributed by atoms with E-state index in [2.05, 4.69) is 42.0 Å². The standard InChI is InChI=1S/C16H23N3/c1-11-5-6-13(12(2)9-11)14-10-18-15(19-14)7-8-16(3,4)17/h5-6,9-10H,7-8,17H2,1-4H3,(H,18,19). The lowest BCUT2D eigenvalue weighted by Crippen LogP contribution is -2.32. The number of benzene rings is 1. The number of aromatic nitrogens is 2. The van der Waals surface area contributed by atoms with Crippen LogP contribution >= 0.6 is 0 Å². The maximum Gasteiger partial charge on any atom is 0.106 e. The van der Waals surface area contributed by atoms with Crippen LogP contribution in [0.2, 0.25) is 0 Å². The maximum absolute atomic E-state index is 6.00. The minimum Gasteiger partial charge on any atom is -0.342 e. The highest BCUT2D eigenvalue weighted by Crippen LogP contribution is 2.23. The minimum atomic E-state index is -0.146. The molecule has 3 heteroatoms. The van der Waals surface area contributed by atoms with Crippen LogP contribution in [0.4, 0.5) is 0 Å². The Labute approximate surface area is 115 Å². The van der Waals surface area contributed by atoms with Gasteiger partial charge in [0, 0.05) is 17.5 Å². The number of hydrogen-bond acceptors (Lipinski definition) is 2. The molecule has 0 aliphatic carbocycles. The second-order valence-corrected chi connectivity index (χ2v) is 6.05. The molecule has 1 heterocycles. The largest absolute Gasteiger partial charge is 0.342 e. The number of nitrogens with two attached hydrogens (primary N) is 1. The van der Waals surface area contributed by atoms with E-state index in [0.717, 1.165) is 24.4 Å². The quantitative estimate of drug-likeness (QED) is 0.882. The van der Waals surface area contributed by atoms with E-state index >= 15 is 0 Å². The van der Waals surface area contributed by atoms with Gasteiger partial charge in [0.15, 0.2) is 0 Å². The minimum absolute atomic E-state index is 0.146. The van der Waals surface area contributed by atoms with Crippen molar-refractivity contribution >= 4 is 0 Å². The number of hydrogen-bond donors (Lipinski definition) is 2. The van der Waals surface area contributed by atoms with Gasteiger partial charge in [-0.2, -0.15) is 0 Å². The lowest BCUT2D eigenvalue weighted by molar-refractivity contribution is 0.472. The van der Waals surface area contributed by atoms with Crippen molar-refractivity contribution in [3.63, 3.8) is 0 Å². The summed E-state index contributed by atoms with van der Waals surface area (Å²) < 4.78 is 0. The zero-order valence-electron chi connectivity index (χ0n) is 12.2.